The van der Waals surface area contributed by atoms with Gasteiger partial charge in [0.25, 0.3) is 0 Å². The van der Waals surface area contributed by atoms with Crippen LogP contribution in [0.1, 0.15) is 42.3 Å². The van der Waals surface area contributed by atoms with Gasteiger partial charge >= 0.3 is 18.2 Å². The van der Waals surface area contributed by atoms with E-state index in [0.29, 0.717) is 0 Å². The van der Waals surface area contributed by atoms with Crippen LogP contribution in [0.2, 0.25) is 0 Å². The Kier molecular flexibility index (Phi) is 4.74. The quantitative estimate of drug-likeness (QED) is 0.862. The topological polar surface area (TPSA) is 75.6 Å². The highest BCUT2D eigenvalue weighted by molar-refractivity contribution is 6.00. The molecule has 1 amide bonds. The van der Waals surface area contributed by atoms with Crippen LogP contribution in [0, 0.1) is 6.92 Å². The summed E-state index contributed by atoms with van der Waals surface area (Å²) in [6.45, 7) is 5.78. The highest BCUT2D eigenvalue weighted by atomic mass is 19.4. The van der Waals surface area contributed by atoms with E-state index in [2.05, 4.69) is 0 Å². The number of halogens is 3. The molecule has 0 saturated carbocycles. The van der Waals surface area contributed by atoms with Gasteiger partial charge in [-0.25, -0.2) is 9.59 Å². The Morgan fingerprint density at radius 3 is 2.14 bits per heavy atom. The molecule has 0 fully saturated rings. The molecule has 0 aliphatic rings. The van der Waals surface area contributed by atoms with E-state index in [-0.39, 0.29) is 5.56 Å². The summed E-state index contributed by atoms with van der Waals surface area (Å²) in [5.74, 6) is -1.59. The molecular formula is C14H16F3NO4. The average molecular weight is 319 g/mol. The number of carboxylic acids is 1. The van der Waals surface area contributed by atoms with Crippen LogP contribution in [0.25, 0.3) is 0 Å². The maximum Gasteiger partial charge on any atom is 0.418 e. The van der Waals surface area contributed by atoms with Crippen molar-refractivity contribution in [2.24, 2.45) is 0 Å². The van der Waals surface area contributed by atoms with Crippen molar-refractivity contribution in [3.63, 3.8) is 0 Å². The van der Waals surface area contributed by atoms with Gasteiger partial charge < -0.3 is 9.84 Å². The zero-order valence-electron chi connectivity index (χ0n) is 12.5. The number of benzene rings is 1. The molecule has 1 aromatic carbocycles. The third kappa shape index (κ3) is 4.37. The second-order valence-electron chi connectivity index (χ2n) is 5.61. The molecule has 0 aliphatic heterocycles. The Labute approximate surface area is 125 Å². The fourth-order valence-corrected chi connectivity index (χ4v) is 1.79. The number of carboxylic acid groups (broad SMARTS) is 1. The predicted octanol–water partition coefficient (Wildman–Crippen LogP) is 4.06. The number of carbonyl (C=O) groups excluding carboxylic acids is 1. The third-order valence-corrected chi connectivity index (χ3v) is 2.55. The van der Waals surface area contributed by atoms with Crippen LogP contribution >= 0.6 is 0 Å². The number of alkyl halides is 3. The summed E-state index contributed by atoms with van der Waals surface area (Å²) >= 11 is 0. The molecule has 0 aromatic heterocycles. The van der Waals surface area contributed by atoms with Crippen LogP contribution in [-0.2, 0) is 10.9 Å². The van der Waals surface area contributed by atoms with E-state index in [9.17, 15) is 22.8 Å². The lowest BCUT2D eigenvalue weighted by Crippen LogP contribution is -2.29. The van der Waals surface area contributed by atoms with Gasteiger partial charge in [0.1, 0.15) is 5.60 Å². The first-order valence-electron chi connectivity index (χ1n) is 6.27. The van der Waals surface area contributed by atoms with Crippen molar-refractivity contribution in [1.29, 1.82) is 0 Å². The minimum atomic E-state index is -4.82. The van der Waals surface area contributed by atoms with E-state index in [0.717, 1.165) is 12.1 Å². The third-order valence-electron chi connectivity index (χ3n) is 2.55. The predicted molar refractivity (Wildman–Crippen MR) is 73.0 cm³/mol. The lowest BCUT2D eigenvalue weighted by molar-refractivity contribution is -0.137. The van der Waals surface area contributed by atoms with Crippen LogP contribution in [0.3, 0.4) is 0 Å². The zero-order chi connectivity index (χ0) is 17.3. The Morgan fingerprint density at radius 1 is 1.18 bits per heavy atom. The minimum Gasteiger partial charge on any atom is -0.478 e. The van der Waals surface area contributed by atoms with Crippen molar-refractivity contribution in [2.75, 3.05) is 5.32 Å². The second-order valence-corrected chi connectivity index (χ2v) is 5.61. The van der Waals surface area contributed by atoms with Crippen molar-refractivity contribution >= 4 is 17.7 Å². The molecular weight excluding hydrogens is 303 g/mol. The first-order valence-corrected chi connectivity index (χ1v) is 6.27. The summed E-state index contributed by atoms with van der Waals surface area (Å²) in [6.07, 6.45) is -5.98. The monoisotopic (exact) mass is 319 g/mol. The fraction of sp³-hybridized carbons (Fsp3) is 0.429. The van der Waals surface area contributed by atoms with Crippen molar-refractivity contribution < 1.29 is 32.6 Å². The van der Waals surface area contributed by atoms with Gasteiger partial charge in [0.2, 0.25) is 0 Å². The molecule has 0 bridgehead atoms. The van der Waals surface area contributed by atoms with Gasteiger partial charge in [0, 0.05) is 0 Å². The number of hydrogen-bond acceptors (Lipinski definition) is 3. The van der Waals surface area contributed by atoms with Gasteiger partial charge in [-0.2, -0.15) is 13.2 Å². The van der Waals surface area contributed by atoms with E-state index in [1.807, 2.05) is 5.32 Å². The van der Waals surface area contributed by atoms with Crippen molar-refractivity contribution in [2.45, 2.75) is 39.5 Å². The maximum atomic E-state index is 13.2. The molecule has 8 heteroatoms. The normalized spacial score (nSPS) is 12.0. The van der Waals surface area contributed by atoms with Crippen molar-refractivity contribution in [3.05, 3.63) is 28.8 Å². The highest BCUT2D eigenvalue weighted by Gasteiger charge is 2.38. The van der Waals surface area contributed by atoms with Gasteiger partial charge in [-0.15, -0.1) is 0 Å². The average Bonchev–Trinajstić information content (AvgIpc) is 2.23. The van der Waals surface area contributed by atoms with Crippen LogP contribution < -0.4 is 5.32 Å². The van der Waals surface area contributed by atoms with Gasteiger partial charge in [0.05, 0.1) is 16.8 Å². The second kappa shape index (κ2) is 5.86. The number of anilines is 1. The summed E-state index contributed by atoms with van der Waals surface area (Å²) in [5, 5.41) is 10.9. The summed E-state index contributed by atoms with van der Waals surface area (Å²) < 4.78 is 44.3. The molecule has 0 saturated heterocycles. The molecule has 0 aliphatic carbocycles. The molecule has 1 aromatic rings. The molecule has 122 valence electrons. The SMILES string of the molecule is Cc1ccc(C(=O)O)c(NC(=O)OC(C)(C)C)c1C(F)(F)F. The van der Waals surface area contributed by atoms with E-state index >= 15 is 0 Å². The Hall–Kier alpha value is -2.25. The van der Waals surface area contributed by atoms with Gasteiger partial charge in [0.15, 0.2) is 0 Å². The Bertz CT molecular complexity index is 603. The number of aryl methyl sites for hydroxylation is 1. The summed E-state index contributed by atoms with van der Waals surface area (Å²) in [7, 11) is 0. The molecule has 2 N–H and O–H groups in total. The Morgan fingerprint density at radius 2 is 1.73 bits per heavy atom. The number of carbonyl (C=O) groups is 2. The lowest BCUT2D eigenvalue weighted by atomic mass is 10.0. The maximum absolute atomic E-state index is 13.2. The van der Waals surface area contributed by atoms with E-state index < -0.39 is 40.7 Å². The smallest absolute Gasteiger partial charge is 0.418 e. The Balaban J connectivity index is 3.39. The molecule has 1 rings (SSSR count). The van der Waals surface area contributed by atoms with Crippen molar-refractivity contribution in [3.8, 4) is 0 Å². The summed E-state index contributed by atoms with van der Waals surface area (Å²) in [6, 6.07) is 2.03. The number of rotatable bonds is 2. The number of amides is 1. The fourth-order valence-electron chi connectivity index (χ4n) is 1.79. The summed E-state index contributed by atoms with van der Waals surface area (Å²) in [5.41, 5.74) is -3.84. The lowest BCUT2D eigenvalue weighted by Gasteiger charge is -2.22. The van der Waals surface area contributed by atoms with Gasteiger partial charge in [-0.1, -0.05) is 6.07 Å². The van der Waals surface area contributed by atoms with Crippen LogP contribution in [0.4, 0.5) is 23.7 Å². The number of aromatic carboxylic acids is 1. The van der Waals surface area contributed by atoms with Gasteiger partial charge in [-0.05, 0) is 39.3 Å². The molecule has 22 heavy (non-hydrogen) atoms. The number of nitrogens with one attached hydrogen (secondary N) is 1. The number of ether oxygens (including phenoxy) is 1. The minimum absolute atomic E-state index is 0.205. The molecule has 0 heterocycles. The number of hydrogen-bond donors (Lipinski definition) is 2. The molecule has 0 radical (unpaired) electrons. The zero-order valence-corrected chi connectivity index (χ0v) is 12.5. The van der Waals surface area contributed by atoms with E-state index in [4.69, 9.17) is 9.84 Å². The van der Waals surface area contributed by atoms with Gasteiger partial charge in [-0.3, -0.25) is 5.32 Å². The van der Waals surface area contributed by atoms with Crippen LogP contribution in [0.15, 0.2) is 12.1 Å². The molecule has 5 nitrogen and oxygen atoms in total. The van der Waals surface area contributed by atoms with E-state index in [1.54, 1.807) is 0 Å². The molecule has 0 unspecified atom stereocenters. The highest BCUT2D eigenvalue weighted by Crippen LogP contribution is 2.39. The van der Waals surface area contributed by atoms with Crippen LogP contribution in [0.5, 0.6) is 0 Å². The standard InChI is InChI=1S/C14H16F3NO4/c1-7-5-6-8(11(19)20)10(9(7)14(15,16)17)18-12(21)22-13(2,3)4/h5-6H,1-4H3,(H,18,21)(H,19,20). The first-order chi connectivity index (χ1) is 9.83. The van der Waals surface area contributed by atoms with Crippen LogP contribution in [-0.4, -0.2) is 22.8 Å². The molecule has 0 spiro atoms. The largest absolute Gasteiger partial charge is 0.478 e. The summed E-state index contributed by atoms with van der Waals surface area (Å²) in [4.78, 5) is 22.8. The first kappa shape index (κ1) is 17.8. The van der Waals surface area contributed by atoms with E-state index in [1.165, 1.54) is 27.7 Å². The molecule has 0 atom stereocenters. The van der Waals surface area contributed by atoms with Crippen molar-refractivity contribution in [1.82, 2.24) is 0 Å².